The lowest BCUT2D eigenvalue weighted by molar-refractivity contribution is -0.130. The summed E-state index contributed by atoms with van der Waals surface area (Å²) >= 11 is 1.57. The van der Waals surface area contributed by atoms with Crippen LogP contribution in [0.1, 0.15) is 37.8 Å². The molecule has 0 aliphatic carbocycles. The van der Waals surface area contributed by atoms with Gasteiger partial charge in [0.1, 0.15) is 5.03 Å². The van der Waals surface area contributed by atoms with Crippen LogP contribution in [-0.2, 0) is 11.2 Å². The maximum Gasteiger partial charge on any atom is 0.232 e. The highest BCUT2D eigenvalue weighted by atomic mass is 32.2. The first-order valence-corrected chi connectivity index (χ1v) is 9.86. The van der Waals surface area contributed by atoms with E-state index in [9.17, 15) is 4.79 Å². The summed E-state index contributed by atoms with van der Waals surface area (Å²) in [5, 5.41) is 2.16. The zero-order chi connectivity index (χ0) is 17.1. The smallest absolute Gasteiger partial charge is 0.232 e. The van der Waals surface area contributed by atoms with Gasteiger partial charge in [0.25, 0.3) is 0 Å². The Morgan fingerprint density at radius 1 is 1.38 bits per heavy atom. The average molecular weight is 343 g/mol. The van der Waals surface area contributed by atoms with E-state index in [1.807, 2.05) is 4.90 Å². The second-order valence-corrected chi connectivity index (χ2v) is 7.83. The van der Waals surface area contributed by atoms with Gasteiger partial charge in [-0.25, -0.2) is 4.98 Å². The lowest BCUT2D eigenvalue weighted by Gasteiger charge is -2.30. The molecule has 0 saturated carbocycles. The highest BCUT2D eigenvalue weighted by Crippen LogP contribution is 2.26. The molecule has 0 radical (unpaired) electrons. The molecule has 0 N–H and O–H groups in total. The molecule has 1 unspecified atom stereocenters. The monoisotopic (exact) mass is 342 g/mol. The van der Waals surface area contributed by atoms with E-state index in [0.717, 1.165) is 42.0 Å². The average Bonchev–Trinajstić information content (AvgIpc) is 2.59. The van der Waals surface area contributed by atoms with E-state index in [4.69, 9.17) is 4.98 Å². The van der Waals surface area contributed by atoms with Crippen molar-refractivity contribution in [2.24, 2.45) is 5.92 Å². The van der Waals surface area contributed by atoms with Crippen molar-refractivity contribution in [1.29, 1.82) is 0 Å². The van der Waals surface area contributed by atoms with Gasteiger partial charge in [0.15, 0.2) is 0 Å². The first-order valence-electron chi connectivity index (χ1n) is 8.87. The molecular formula is C20H26N2OS. The number of rotatable bonds is 4. The van der Waals surface area contributed by atoms with Crippen molar-refractivity contribution in [3.8, 4) is 0 Å². The van der Waals surface area contributed by atoms with Crippen LogP contribution in [0.15, 0.2) is 29.3 Å². The number of thioether (sulfide) groups is 1. The number of hydrogen-bond acceptors (Lipinski definition) is 3. The minimum Gasteiger partial charge on any atom is -0.342 e. The third kappa shape index (κ3) is 3.92. The van der Waals surface area contributed by atoms with Gasteiger partial charge in [0, 0.05) is 18.5 Å². The van der Waals surface area contributed by atoms with Gasteiger partial charge in [-0.05, 0) is 61.4 Å². The predicted octanol–water partition coefficient (Wildman–Crippen LogP) is 4.46. The number of carbonyl (C=O) groups is 1. The Morgan fingerprint density at radius 2 is 2.21 bits per heavy atom. The van der Waals surface area contributed by atoms with E-state index in [1.165, 1.54) is 17.4 Å². The number of aryl methyl sites for hydroxylation is 2. The molecule has 1 atom stereocenters. The number of benzene rings is 1. The fourth-order valence-electron chi connectivity index (χ4n) is 3.32. The second kappa shape index (κ2) is 7.56. The van der Waals surface area contributed by atoms with Crippen LogP contribution in [-0.4, -0.2) is 34.6 Å². The van der Waals surface area contributed by atoms with Crippen molar-refractivity contribution in [1.82, 2.24) is 9.88 Å². The Morgan fingerprint density at radius 3 is 2.96 bits per heavy atom. The largest absolute Gasteiger partial charge is 0.342 e. The van der Waals surface area contributed by atoms with Gasteiger partial charge >= 0.3 is 0 Å². The van der Waals surface area contributed by atoms with Crippen molar-refractivity contribution >= 4 is 28.6 Å². The van der Waals surface area contributed by atoms with Crippen LogP contribution in [0.25, 0.3) is 10.9 Å². The second-order valence-electron chi connectivity index (χ2n) is 6.87. The number of hydrogen-bond donors (Lipinski definition) is 0. The molecular weight excluding hydrogens is 316 g/mol. The highest BCUT2D eigenvalue weighted by molar-refractivity contribution is 7.99. The van der Waals surface area contributed by atoms with Crippen LogP contribution < -0.4 is 0 Å². The minimum atomic E-state index is 0.245. The van der Waals surface area contributed by atoms with Crippen molar-refractivity contribution in [3.05, 3.63) is 35.4 Å². The third-order valence-electron chi connectivity index (χ3n) is 4.77. The van der Waals surface area contributed by atoms with Gasteiger partial charge in [-0.3, -0.25) is 4.79 Å². The van der Waals surface area contributed by atoms with Crippen LogP contribution >= 0.6 is 11.8 Å². The molecule has 0 spiro atoms. The van der Waals surface area contributed by atoms with E-state index in [2.05, 4.69) is 45.0 Å². The zero-order valence-corrected chi connectivity index (χ0v) is 15.7. The van der Waals surface area contributed by atoms with Crippen LogP contribution in [0.2, 0.25) is 0 Å². The van der Waals surface area contributed by atoms with Gasteiger partial charge < -0.3 is 4.90 Å². The summed E-state index contributed by atoms with van der Waals surface area (Å²) in [6.45, 7) is 8.29. The van der Waals surface area contributed by atoms with Crippen LogP contribution in [0.4, 0.5) is 0 Å². The topological polar surface area (TPSA) is 33.2 Å². The normalized spacial score (nSPS) is 18.1. The molecule has 2 heterocycles. The molecule has 1 aromatic heterocycles. The molecule has 1 aliphatic rings. The summed E-state index contributed by atoms with van der Waals surface area (Å²) in [4.78, 5) is 19.2. The maximum atomic E-state index is 12.5. The van der Waals surface area contributed by atoms with Crippen molar-refractivity contribution < 1.29 is 4.79 Å². The molecule has 24 heavy (non-hydrogen) atoms. The van der Waals surface area contributed by atoms with Gasteiger partial charge in [-0.1, -0.05) is 31.7 Å². The summed E-state index contributed by atoms with van der Waals surface area (Å²) in [5.41, 5.74) is 3.50. The number of aromatic nitrogens is 1. The molecule has 3 nitrogen and oxygen atoms in total. The lowest BCUT2D eigenvalue weighted by Crippen LogP contribution is -2.40. The highest BCUT2D eigenvalue weighted by Gasteiger charge is 2.21. The molecule has 0 bridgehead atoms. The maximum absolute atomic E-state index is 12.5. The number of carbonyl (C=O) groups excluding carboxylic acids is 1. The summed E-state index contributed by atoms with van der Waals surface area (Å²) < 4.78 is 0. The predicted molar refractivity (Wildman–Crippen MR) is 102 cm³/mol. The van der Waals surface area contributed by atoms with E-state index in [1.54, 1.807) is 11.8 Å². The first kappa shape index (κ1) is 17.3. The standard InChI is InChI=1S/C20H26N2OS/c1-4-16-7-8-18-17(11-16)10-15(3)20(21-18)24-13-19(23)22-9-5-6-14(2)12-22/h7-8,10-11,14H,4-6,9,12-13H2,1-3H3. The Balaban J connectivity index is 1.70. The molecule has 1 fully saturated rings. The van der Waals surface area contributed by atoms with E-state index >= 15 is 0 Å². The number of fused-ring (bicyclic) bond motifs is 1. The van der Waals surface area contributed by atoms with Crippen LogP contribution in [0, 0.1) is 12.8 Å². The van der Waals surface area contributed by atoms with Gasteiger partial charge in [-0.2, -0.15) is 0 Å². The SMILES string of the molecule is CCc1ccc2nc(SCC(=O)N3CCCC(C)C3)c(C)cc2c1. The summed E-state index contributed by atoms with van der Waals surface area (Å²) in [6, 6.07) is 8.63. The van der Waals surface area contributed by atoms with E-state index in [-0.39, 0.29) is 5.91 Å². The number of nitrogens with zero attached hydrogens (tertiary/aromatic N) is 2. The van der Waals surface area contributed by atoms with Crippen LogP contribution in [0.5, 0.6) is 0 Å². The molecule has 1 aliphatic heterocycles. The molecule has 2 aromatic rings. The Kier molecular flexibility index (Phi) is 5.44. The van der Waals surface area contributed by atoms with Crippen molar-refractivity contribution in [3.63, 3.8) is 0 Å². The number of pyridine rings is 1. The minimum absolute atomic E-state index is 0.245. The Hall–Kier alpha value is -1.55. The van der Waals surface area contributed by atoms with E-state index in [0.29, 0.717) is 11.7 Å². The fraction of sp³-hybridized carbons (Fsp3) is 0.500. The van der Waals surface area contributed by atoms with E-state index < -0.39 is 0 Å². The number of piperidine rings is 1. The van der Waals surface area contributed by atoms with Crippen molar-refractivity contribution in [2.45, 2.75) is 45.1 Å². The quantitative estimate of drug-likeness (QED) is 0.769. The summed E-state index contributed by atoms with van der Waals surface area (Å²) in [6.07, 6.45) is 3.40. The molecule has 1 saturated heterocycles. The Labute approximate surface area is 148 Å². The molecule has 4 heteroatoms. The molecule has 1 amide bonds. The zero-order valence-electron chi connectivity index (χ0n) is 14.8. The first-order chi connectivity index (χ1) is 11.6. The summed E-state index contributed by atoms with van der Waals surface area (Å²) in [5.74, 6) is 1.36. The van der Waals surface area contributed by atoms with Gasteiger partial charge in [-0.15, -0.1) is 0 Å². The van der Waals surface area contributed by atoms with Gasteiger partial charge in [0.2, 0.25) is 5.91 Å². The van der Waals surface area contributed by atoms with Crippen LogP contribution in [0.3, 0.4) is 0 Å². The summed E-state index contributed by atoms with van der Waals surface area (Å²) in [7, 11) is 0. The molecule has 1 aromatic carbocycles. The molecule has 128 valence electrons. The van der Waals surface area contributed by atoms with Gasteiger partial charge in [0.05, 0.1) is 11.3 Å². The number of likely N-dealkylation sites (tertiary alicyclic amines) is 1. The fourth-order valence-corrected chi connectivity index (χ4v) is 4.21. The van der Waals surface area contributed by atoms with Crippen molar-refractivity contribution in [2.75, 3.05) is 18.8 Å². The Bertz CT molecular complexity index is 744. The lowest BCUT2D eigenvalue weighted by atomic mass is 10.0. The molecule has 3 rings (SSSR count). The number of amides is 1. The third-order valence-corrected chi connectivity index (χ3v) is 5.85.